The summed E-state index contributed by atoms with van der Waals surface area (Å²) in [5.74, 6) is -7.25. The molecule has 1 heterocycles. The van der Waals surface area contributed by atoms with Crippen molar-refractivity contribution in [1.29, 1.82) is 0 Å². The first kappa shape index (κ1) is 16.7. The highest BCUT2D eigenvalue weighted by Gasteiger charge is 2.49. The number of rotatable bonds is 5. The molecule has 0 bridgehead atoms. The molecular formula is C10H13F4N3O2S. The summed E-state index contributed by atoms with van der Waals surface area (Å²) in [6.45, 7) is 4.52. The lowest BCUT2D eigenvalue weighted by atomic mass is 10.1. The fraction of sp³-hybridized carbons (Fsp3) is 0.700. The predicted molar refractivity (Wildman–Crippen MR) is 63.3 cm³/mol. The van der Waals surface area contributed by atoms with Gasteiger partial charge in [0.15, 0.2) is 5.16 Å². The van der Waals surface area contributed by atoms with Gasteiger partial charge in [0, 0.05) is 5.54 Å². The molecule has 0 aliphatic rings. The number of hydrogen-bond acceptors (Lipinski definition) is 4. The highest BCUT2D eigenvalue weighted by Crippen LogP contribution is 2.37. The average Bonchev–Trinajstić information content (AvgIpc) is 2.69. The molecule has 114 valence electrons. The number of aromatic nitrogens is 3. The summed E-state index contributed by atoms with van der Waals surface area (Å²) in [4.78, 5) is 10.5. The van der Waals surface area contributed by atoms with Gasteiger partial charge in [-0.3, -0.25) is 9.36 Å². The number of aliphatic carboxylic acids is 1. The van der Waals surface area contributed by atoms with Crippen LogP contribution in [0.3, 0.4) is 0 Å². The number of halogens is 4. The van der Waals surface area contributed by atoms with Gasteiger partial charge in [-0.25, -0.2) is 8.78 Å². The molecule has 0 unspecified atom stereocenters. The summed E-state index contributed by atoms with van der Waals surface area (Å²) in [5.41, 5.74) is -1.00. The number of carboxylic acids is 1. The van der Waals surface area contributed by atoms with Crippen LogP contribution in [0.2, 0.25) is 0 Å². The average molecular weight is 315 g/mol. The van der Waals surface area contributed by atoms with Crippen molar-refractivity contribution in [1.82, 2.24) is 14.8 Å². The monoisotopic (exact) mass is 315 g/mol. The van der Waals surface area contributed by atoms with Crippen molar-refractivity contribution in [2.45, 2.75) is 43.8 Å². The van der Waals surface area contributed by atoms with Gasteiger partial charge in [0.05, 0.1) is 5.75 Å². The van der Waals surface area contributed by atoms with Crippen LogP contribution in [0.5, 0.6) is 0 Å². The molecule has 1 rings (SSSR count). The van der Waals surface area contributed by atoms with Gasteiger partial charge in [0.25, 0.3) is 0 Å². The molecular weight excluding hydrogens is 302 g/mol. The van der Waals surface area contributed by atoms with E-state index in [-0.39, 0.29) is 5.16 Å². The Labute approximate surface area is 116 Å². The maximum Gasteiger partial charge on any atom is 0.365 e. The molecule has 5 nitrogen and oxygen atoms in total. The van der Waals surface area contributed by atoms with E-state index < -0.39 is 35.4 Å². The van der Waals surface area contributed by atoms with E-state index in [0.717, 1.165) is 4.57 Å². The van der Waals surface area contributed by atoms with Crippen molar-refractivity contribution in [3.63, 3.8) is 0 Å². The Bertz CT molecular complexity index is 499. The van der Waals surface area contributed by atoms with Crippen LogP contribution in [0.15, 0.2) is 5.16 Å². The Morgan fingerprint density at radius 3 is 2.30 bits per heavy atom. The van der Waals surface area contributed by atoms with Crippen molar-refractivity contribution in [3.05, 3.63) is 5.82 Å². The SMILES string of the molecule is CC(C)(C)n1c(SCC(=O)O)nnc1C(F)(F)C(F)F. The molecule has 0 atom stereocenters. The van der Waals surface area contributed by atoms with Crippen molar-refractivity contribution in [2.75, 3.05) is 5.75 Å². The van der Waals surface area contributed by atoms with Gasteiger partial charge in [-0.15, -0.1) is 10.2 Å². The number of thioether (sulfide) groups is 1. The largest absolute Gasteiger partial charge is 0.481 e. The molecule has 0 aliphatic carbocycles. The summed E-state index contributed by atoms with van der Waals surface area (Å²) in [7, 11) is 0. The Morgan fingerprint density at radius 2 is 1.90 bits per heavy atom. The van der Waals surface area contributed by atoms with Crippen LogP contribution < -0.4 is 0 Å². The minimum atomic E-state index is -4.46. The normalized spacial score (nSPS) is 13.0. The van der Waals surface area contributed by atoms with Gasteiger partial charge in [-0.1, -0.05) is 11.8 Å². The maximum atomic E-state index is 13.5. The molecule has 1 N–H and O–H groups in total. The molecule has 1 aromatic rings. The van der Waals surface area contributed by atoms with Crippen LogP contribution in [-0.2, 0) is 16.3 Å². The molecule has 0 amide bonds. The minimum absolute atomic E-state index is 0.143. The molecule has 0 spiro atoms. The van der Waals surface area contributed by atoms with Crippen molar-refractivity contribution >= 4 is 17.7 Å². The van der Waals surface area contributed by atoms with Crippen LogP contribution in [0.25, 0.3) is 0 Å². The van der Waals surface area contributed by atoms with Crippen molar-refractivity contribution < 1.29 is 27.5 Å². The number of nitrogens with zero attached hydrogens (tertiary/aromatic N) is 3. The van der Waals surface area contributed by atoms with E-state index in [0.29, 0.717) is 11.8 Å². The third kappa shape index (κ3) is 3.41. The van der Waals surface area contributed by atoms with Gasteiger partial charge in [0.2, 0.25) is 5.82 Å². The number of hydrogen-bond donors (Lipinski definition) is 1. The van der Waals surface area contributed by atoms with Gasteiger partial charge >= 0.3 is 18.3 Å². The third-order valence-corrected chi connectivity index (χ3v) is 3.11. The third-order valence-electron chi connectivity index (χ3n) is 2.20. The highest BCUT2D eigenvalue weighted by molar-refractivity contribution is 7.99. The summed E-state index contributed by atoms with van der Waals surface area (Å²) < 4.78 is 52.7. The number of alkyl halides is 4. The molecule has 10 heteroatoms. The van der Waals surface area contributed by atoms with E-state index in [1.54, 1.807) is 0 Å². The Kier molecular flexibility index (Phi) is 4.67. The maximum absolute atomic E-state index is 13.5. The molecule has 0 saturated carbocycles. The topological polar surface area (TPSA) is 68.0 Å². The highest BCUT2D eigenvalue weighted by atomic mass is 32.2. The fourth-order valence-electron chi connectivity index (χ4n) is 1.41. The lowest BCUT2D eigenvalue weighted by molar-refractivity contribution is -0.144. The van der Waals surface area contributed by atoms with Crippen LogP contribution in [0, 0.1) is 0 Å². The summed E-state index contributed by atoms with van der Waals surface area (Å²) in [6, 6.07) is 0. The molecule has 20 heavy (non-hydrogen) atoms. The van der Waals surface area contributed by atoms with E-state index >= 15 is 0 Å². The first-order chi connectivity index (χ1) is 8.98. The second-order valence-corrected chi connectivity index (χ2v) is 5.86. The predicted octanol–water partition coefficient (Wildman–Crippen LogP) is 2.57. The first-order valence-electron chi connectivity index (χ1n) is 5.45. The quantitative estimate of drug-likeness (QED) is 0.668. The van der Waals surface area contributed by atoms with E-state index in [9.17, 15) is 22.4 Å². The van der Waals surface area contributed by atoms with E-state index in [1.165, 1.54) is 20.8 Å². The van der Waals surface area contributed by atoms with Crippen LogP contribution in [0.4, 0.5) is 17.6 Å². The Hall–Kier alpha value is -1.32. The van der Waals surface area contributed by atoms with Crippen molar-refractivity contribution in [3.8, 4) is 0 Å². The van der Waals surface area contributed by atoms with E-state index in [4.69, 9.17) is 5.11 Å². The molecule has 0 fully saturated rings. The number of carbonyl (C=O) groups is 1. The molecule has 1 aromatic heterocycles. The van der Waals surface area contributed by atoms with Gasteiger partial charge in [-0.05, 0) is 20.8 Å². The van der Waals surface area contributed by atoms with Crippen LogP contribution in [-0.4, -0.2) is 38.0 Å². The molecule has 0 aromatic carbocycles. The molecule has 0 saturated heterocycles. The standard InChI is InChI=1S/C10H13F4N3O2S/c1-9(2,3)17-7(10(13,14)6(11)12)15-16-8(17)20-4-5(18)19/h6H,4H2,1-3H3,(H,18,19). The first-order valence-corrected chi connectivity index (χ1v) is 6.43. The van der Waals surface area contributed by atoms with Gasteiger partial charge < -0.3 is 5.11 Å². The summed E-state index contributed by atoms with van der Waals surface area (Å²) in [6.07, 6.45) is -3.93. The van der Waals surface area contributed by atoms with Crippen LogP contribution >= 0.6 is 11.8 Å². The fourth-order valence-corrected chi connectivity index (χ4v) is 2.25. The zero-order chi connectivity index (χ0) is 15.7. The van der Waals surface area contributed by atoms with Gasteiger partial charge in [0.1, 0.15) is 0 Å². The Balaban J connectivity index is 3.30. The number of carboxylic acid groups (broad SMARTS) is 1. The van der Waals surface area contributed by atoms with Crippen LogP contribution in [0.1, 0.15) is 26.6 Å². The smallest absolute Gasteiger partial charge is 0.365 e. The second kappa shape index (κ2) is 5.58. The lowest BCUT2D eigenvalue weighted by Crippen LogP contribution is -2.34. The summed E-state index contributed by atoms with van der Waals surface area (Å²) in [5, 5.41) is 15.0. The Morgan fingerprint density at radius 1 is 1.35 bits per heavy atom. The second-order valence-electron chi connectivity index (χ2n) is 4.92. The van der Waals surface area contributed by atoms with E-state index in [1.807, 2.05) is 0 Å². The zero-order valence-corrected chi connectivity index (χ0v) is 11.7. The summed E-state index contributed by atoms with van der Waals surface area (Å²) >= 11 is 0.642. The zero-order valence-electron chi connectivity index (χ0n) is 10.9. The van der Waals surface area contributed by atoms with E-state index in [2.05, 4.69) is 10.2 Å². The minimum Gasteiger partial charge on any atom is -0.481 e. The lowest BCUT2D eigenvalue weighted by Gasteiger charge is -2.27. The van der Waals surface area contributed by atoms with Gasteiger partial charge in [-0.2, -0.15) is 8.78 Å². The molecule has 0 radical (unpaired) electrons. The van der Waals surface area contributed by atoms with Crippen molar-refractivity contribution in [2.24, 2.45) is 0 Å². The molecule has 0 aliphatic heterocycles.